The molecule has 2 nitrogen and oxygen atoms in total. The molecule has 1 unspecified atom stereocenters. The summed E-state index contributed by atoms with van der Waals surface area (Å²) in [6, 6.07) is 2.36. The summed E-state index contributed by atoms with van der Waals surface area (Å²) in [4.78, 5) is 10.2. The SMILES string of the molecule is O=Cc1ccc(F)c(P)c1O. The second-order valence-electron chi connectivity index (χ2n) is 2.02. The van der Waals surface area contributed by atoms with E-state index in [2.05, 4.69) is 0 Å². The highest BCUT2D eigenvalue weighted by Gasteiger charge is 2.06. The molecule has 1 N–H and O–H groups in total. The second kappa shape index (κ2) is 2.97. The van der Waals surface area contributed by atoms with E-state index in [1.54, 1.807) is 0 Å². The number of phenols is 1. The van der Waals surface area contributed by atoms with Crippen LogP contribution < -0.4 is 5.30 Å². The minimum absolute atomic E-state index is 0.0228. The molecule has 0 saturated heterocycles. The molecule has 0 aliphatic heterocycles. The first kappa shape index (κ1) is 8.15. The number of aromatic hydroxyl groups is 1. The van der Waals surface area contributed by atoms with Gasteiger partial charge in [0.25, 0.3) is 0 Å². The van der Waals surface area contributed by atoms with Gasteiger partial charge in [-0.25, -0.2) is 4.39 Å². The van der Waals surface area contributed by atoms with Crippen LogP contribution in [-0.2, 0) is 0 Å². The molecule has 4 heteroatoms. The van der Waals surface area contributed by atoms with E-state index in [0.29, 0.717) is 6.29 Å². The summed E-state index contributed by atoms with van der Waals surface area (Å²) in [5.41, 5.74) is 0.0939. The van der Waals surface area contributed by atoms with Crippen molar-refractivity contribution in [2.75, 3.05) is 0 Å². The Labute approximate surface area is 65.2 Å². The number of hydrogen-bond donors (Lipinski definition) is 1. The Bertz CT molecular complexity index is 299. The zero-order valence-corrected chi connectivity index (χ0v) is 6.70. The first-order chi connectivity index (χ1) is 5.16. The summed E-state index contributed by atoms with van der Waals surface area (Å²) in [6.07, 6.45) is 0.475. The summed E-state index contributed by atoms with van der Waals surface area (Å²) in [6.45, 7) is 0. The lowest BCUT2D eigenvalue weighted by atomic mass is 10.2. The first-order valence-electron chi connectivity index (χ1n) is 2.89. The van der Waals surface area contributed by atoms with Crippen molar-refractivity contribution in [1.29, 1.82) is 0 Å². The quantitative estimate of drug-likeness (QED) is 0.503. The van der Waals surface area contributed by atoms with Crippen LogP contribution in [0.4, 0.5) is 4.39 Å². The van der Waals surface area contributed by atoms with Crippen LogP contribution in [0.15, 0.2) is 12.1 Å². The van der Waals surface area contributed by atoms with Crippen molar-refractivity contribution in [1.82, 2.24) is 0 Å². The Morgan fingerprint density at radius 2 is 2.18 bits per heavy atom. The van der Waals surface area contributed by atoms with Gasteiger partial charge in [-0.2, -0.15) is 0 Å². The Kier molecular flexibility index (Phi) is 2.20. The lowest BCUT2D eigenvalue weighted by Gasteiger charge is -2.00. The monoisotopic (exact) mass is 172 g/mol. The minimum atomic E-state index is -0.543. The summed E-state index contributed by atoms with van der Waals surface area (Å²) in [5.74, 6) is -0.858. The summed E-state index contributed by atoms with van der Waals surface area (Å²) < 4.78 is 12.6. The standard InChI is InChI=1S/C7H6FO2P/c8-5-2-1-4(3-9)6(10)7(5)11/h1-3,10H,11H2. The van der Waals surface area contributed by atoms with Gasteiger partial charge in [0.1, 0.15) is 11.6 Å². The highest BCUT2D eigenvalue weighted by atomic mass is 31.0. The third kappa shape index (κ3) is 1.38. The first-order valence-corrected chi connectivity index (χ1v) is 3.46. The van der Waals surface area contributed by atoms with Gasteiger partial charge in [0.15, 0.2) is 6.29 Å². The third-order valence-corrected chi connectivity index (χ3v) is 1.87. The maximum atomic E-state index is 12.6. The number of rotatable bonds is 1. The van der Waals surface area contributed by atoms with Gasteiger partial charge in [-0.05, 0) is 12.1 Å². The van der Waals surface area contributed by atoms with Crippen molar-refractivity contribution < 1.29 is 14.3 Å². The number of carbonyl (C=O) groups excluding carboxylic acids is 1. The van der Waals surface area contributed by atoms with Gasteiger partial charge in [0.2, 0.25) is 0 Å². The molecule has 11 heavy (non-hydrogen) atoms. The Hall–Kier alpha value is -0.950. The van der Waals surface area contributed by atoms with Crippen molar-refractivity contribution in [2.45, 2.75) is 0 Å². The number of halogens is 1. The molecule has 0 radical (unpaired) electrons. The molecular formula is C7H6FO2P. The maximum absolute atomic E-state index is 12.6. The molecule has 0 fully saturated rings. The molecular weight excluding hydrogens is 166 g/mol. The topological polar surface area (TPSA) is 37.3 Å². The Morgan fingerprint density at radius 3 is 2.73 bits per heavy atom. The van der Waals surface area contributed by atoms with E-state index in [4.69, 9.17) is 5.11 Å². The van der Waals surface area contributed by atoms with E-state index in [1.165, 1.54) is 6.07 Å². The molecule has 0 aromatic heterocycles. The Morgan fingerprint density at radius 1 is 1.55 bits per heavy atom. The normalized spacial score (nSPS) is 9.64. The van der Waals surface area contributed by atoms with Crippen molar-refractivity contribution >= 4 is 20.8 Å². The fourth-order valence-electron chi connectivity index (χ4n) is 0.695. The van der Waals surface area contributed by atoms with Crippen molar-refractivity contribution in [3.05, 3.63) is 23.5 Å². The second-order valence-corrected chi connectivity index (χ2v) is 2.59. The number of aldehydes is 1. The molecule has 1 atom stereocenters. The van der Waals surface area contributed by atoms with E-state index < -0.39 is 5.82 Å². The van der Waals surface area contributed by atoms with Crippen LogP contribution in [0, 0.1) is 5.82 Å². The van der Waals surface area contributed by atoms with Gasteiger partial charge in [-0.3, -0.25) is 4.79 Å². The predicted molar refractivity (Wildman–Crippen MR) is 42.8 cm³/mol. The van der Waals surface area contributed by atoms with Crippen LogP contribution in [0.1, 0.15) is 10.4 Å². The lowest BCUT2D eigenvalue weighted by molar-refractivity contribution is 0.112. The summed E-state index contributed by atoms with van der Waals surface area (Å²) >= 11 is 0. The van der Waals surface area contributed by atoms with Crippen LogP contribution in [-0.4, -0.2) is 11.4 Å². The van der Waals surface area contributed by atoms with Gasteiger partial charge in [-0.15, -0.1) is 0 Å². The van der Waals surface area contributed by atoms with Crippen LogP contribution >= 0.6 is 9.24 Å². The average Bonchev–Trinajstić information content (AvgIpc) is 2.01. The Balaban J connectivity index is 3.36. The largest absolute Gasteiger partial charge is 0.506 e. The predicted octanol–water partition coefficient (Wildman–Crippen LogP) is 0.844. The molecule has 0 aliphatic carbocycles. The van der Waals surface area contributed by atoms with Gasteiger partial charge < -0.3 is 5.11 Å². The number of carbonyl (C=O) groups is 1. The highest BCUT2D eigenvalue weighted by Crippen LogP contribution is 2.16. The number of hydrogen-bond acceptors (Lipinski definition) is 2. The van der Waals surface area contributed by atoms with Crippen LogP contribution in [0.25, 0.3) is 0 Å². The molecule has 0 heterocycles. The molecule has 0 aliphatic rings. The summed E-state index contributed by atoms with van der Waals surface area (Å²) in [5, 5.41) is 9.11. The number of phenolic OH excluding ortho intramolecular Hbond substituents is 1. The van der Waals surface area contributed by atoms with Gasteiger partial charge in [0, 0.05) is 5.30 Å². The summed E-state index contributed by atoms with van der Waals surface area (Å²) in [7, 11) is 2.02. The molecule has 0 spiro atoms. The fraction of sp³-hybridized carbons (Fsp3) is 0. The smallest absolute Gasteiger partial charge is 0.153 e. The maximum Gasteiger partial charge on any atom is 0.153 e. The molecule has 1 rings (SSSR count). The molecule has 0 bridgehead atoms. The highest BCUT2D eigenvalue weighted by molar-refractivity contribution is 7.27. The van der Waals surface area contributed by atoms with Gasteiger partial charge in [0.05, 0.1) is 5.56 Å². The van der Waals surface area contributed by atoms with E-state index in [9.17, 15) is 9.18 Å². The average molecular weight is 172 g/mol. The van der Waals surface area contributed by atoms with Gasteiger partial charge in [-0.1, -0.05) is 9.24 Å². The van der Waals surface area contributed by atoms with Crippen LogP contribution in [0.3, 0.4) is 0 Å². The van der Waals surface area contributed by atoms with Crippen molar-refractivity contribution in [3.63, 3.8) is 0 Å². The van der Waals surface area contributed by atoms with E-state index >= 15 is 0 Å². The van der Waals surface area contributed by atoms with E-state index in [-0.39, 0.29) is 16.6 Å². The van der Waals surface area contributed by atoms with E-state index in [0.717, 1.165) is 6.07 Å². The molecule has 1 aromatic carbocycles. The van der Waals surface area contributed by atoms with Crippen LogP contribution in [0.5, 0.6) is 5.75 Å². The minimum Gasteiger partial charge on any atom is -0.506 e. The third-order valence-electron chi connectivity index (χ3n) is 1.32. The zero-order valence-electron chi connectivity index (χ0n) is 5.54. The number of benzene rings is 1. The molecule has 0 saturated carbocycles. The van der Waals surface area contributed by atoms with E-state index in [1.807, 2.05) is 9.24 Å². The zero-order chi connectivity index (χ0) is 8.43. The van der Waals surface area contributed by atoms with Crippen LogP contribution in [0.2, 0.25) is 0 Å². The molecule has 1 aromatic rings. The lowest BCUT2D eigenvalue weighted by Crippen LogP contribution is -2.01. The molecule has 58 valence electrons. The van der Waals surface area contributed by atoms with Crippen molar-refractivity contribution in [3.8, 4) is 5.75 Å². The van der Waals surface area contributed by atoms with Crippen molar-refractivity contribution in [2.24, 2.45) is 0 Å². The fourth-order valence-corrected chi connectivity index (χ4v) is 0.958. The molecule has 0 amide bonds. The van der Waals surface area contributed by atoms with Gasteiger partial charge >= 0.3 is 0 Å².